The van der Waals surface area contributed by atoms with Crippen LogP contribution in [0.3, 0.4) is 0 Å². The summed E-state index contributed by atoms with van der Waals surface area (Å²) in [7, 11) is -2.29. The Kier molecular flexibility index (Phi) is 6.99. The lowest BCUT2D eigenvalue weighted by Crippen LogP contribution is -2.42. The van der Waals surface area contributed by atoms with Gasteiger partial charge in [0, 0.05) is 26.1 Å². The standard InChI is InChI=1S/C22H28N2O5S/c1-17-4-9-21(16-18(17)2)30(26,27)24(19-5-7-20(28-3)8-6-19)11-10-22(25)23-12-14-29-15-13-23/h4-9,16H,10-15H2,1-3H3. The monoisotopic (exact) mass is 432 g/mol. The van der Waals surface area contributed by atoms with E-state index in [2.05, 4.69) is 0 Å². The lowest BCUT2D eigenvalue weighted by molar-refractivity contribution is -0.135. The molecule has 1 amide bonds. The third-order valence-corrected chi connectivity index (χ3v) is 7.14. The predicted molar refractivity (Wildman–Crippen MR) is 115 cm³/mol. The van der Waals surface area contributed by atoms with Crippen LogP contribution in [0.1, 0.15) is 17.5 Å². The second kappa shape index (κ2) is 9.49. The third kappa shape index (κ3) is 4.94. The van der Waals surface area contributed by atoms with E-state index in [1.807, 2.05) is 13.8 Å². The highest BCUT2D eigenvalue weighted by molar-refractivity contribution is 7.92. The van der Waals surface area contributed by atoms with E-state index in [0.717, 1.165) is 11.1 Å². The molecule has 0 saturated carbocycles. The second-order valence-electron chi connectivity index (χ2n) is 7.26. The first-order valence-corrected chi connectivity index (χ1v) is 11.4. The van der Waals surface area contributed by atoms with Gasteiger partial charge in [0.1, 0.15) is 5.75 Å². The number of ether oxygens (including phenoxy) is 2. The minimum absolute atomic E-state index is 0.0533. The molecule has 1 heterocycles. The summed E-state index contributed by atoms with van der Waals surface area (Å²) in [4.78, 5) is 14.6. The zero-order valence-electron chi connectivity index (χ0n) is 17.6. The number of sulfonamides is 1. The topological polar surface area (TPSA) is 76.2 Å². The van der Waals surface area contributed by atoms with Gasteiger partial charge in [0.15, 0.2) is 0 Å². The first-order valence-electron chi connectivity index (χ1n) is 9.92. The number of hydrogen-bond donors (Lipinski definition) is 0. The van der Waals surface area contributed by atoms with Crippen LogP contribution >= 0.6 is 0 Å². The number of aryl methyl sites for hydroxylation is 2. The van der Waals surface area contributed by atoms with Gasteiger partial charge in [0.2, 0.25) is 5.91 Å². The summed E-state index contributed by atoms with van der Waals surface area (Å²) in [6.45, 7) is 5.96. The smallest absolute Gasteiger partial charge is 0.264 e. The van der Waals surface area contributed by atoms with Crippen LogP contribution in [-0.4, -0.2) is 59.2 Å². The molecular weight excluding hydrogens is 404 g/mol. The van der Waals surface area contributed by atoms with Crippen molar-refractivity contribution in [2.45, 2.75) is 25.2 Å². The van der Waals surface area contributed by atoms with Crippen LogP contribution in [0.25, 0.3) is 0 Å². The quantitative estimate of drug-likeness (QED) is 0.673. The molecule has 8 heteroatoms. The molecule has 0 unspecified atom stereocenters. The van der Waals surface area contributed by atoms with Crippen LogP contribution in [0.5, 0.6) is 5.75 Å². The first kappa shape index (κ1) is 22.1. The van der Waals surface area contributed by atoms with E-state index < -0.39 is 10.0 Å². The summed E-state index contributed by atoms with van der Waals surface area (Å²) >= 11 is 0. The summed E-state index contributed by atoms with van der Waals surface area (Å²) in [6, 6.07) is 11.9. The number of rotatable bonds is 7. The Balaban J connectivity index is 1.89. The van der Waals surface area contributed by atoms with Crippen molar-refractivity contribution in [2.24, 2.45) is 0 Å². The minimum Gasteiger partial charge on any atom is -0.497 e. The second-order valence-corrected chi connectivity index (χ2v) is 9.13. The molecule has 1 saturated heterocycles. The van der Waals surface area contributed by atoms with Gasteiger partial charge in [-0.3, -0.25) is 9.10 Å². The van der Waals surface area contributed by atoms with Gasteiger partial charge >= 0.3 is 0 Å². The molecule has 0 radical (unpaired) electrons. The Morgan fingerprint density at radius 2 is 1.73 bits per heavy atom. The van der Waals surface area contributed by atoms with Gasteiger partial charge in [-0.15, -0.1) is 0 Å². The zero-order valence-corrected chi connectivity index (χ0v) is 18.4. The number of benzene rings is 2. The largest absolute Gasteiger partial charge is 0.497 e. The zero-order chi connectivity index (χ0) is 21.7. The normalized spacial score (nSPS) is 14.4. The van der Waals surface area contributed by atoms with Crippen molar-refractivity contribution < 1.29 is 22.7 Å². The van der Waals surface area contributed by atoms with Crippen LogP contribution in [0.4, 0.5) is 5.69 Å². The highest BCUT2D eigenvalue weighted by Gasteiger charge is 2.27. The molecule has 3 rings (SSSR count). The summed E-state index contributed by atoms with van der Waals surface area (Å²) in [6.07, 6.45) is 0.0934. The number of anilines is 1. The van der Waals surface area contributed by atoms with E-state index >= 15 is 0 Å². The van der Waals surface area contributed by atoms with Crippen LogP contribution in [0.2, 0.25) is 0 Å². The van der Waals surface area contributed by atoms with E-state index in [1.54, 1.807) is 54.5 Å². The van der Waals surface area contributed by atoms with Crippen molar-refractivity contribution in [3.05, 3.63) is 53.6 Å². The summed E-state index contributed by atoms with van der Waals surface area (Å²) in [5.41, 5.74) is 2.41. The molecule has 0 bridgehead atoms. The molecule has 162 valence electrons. The Morgan fingerprint density at radius 3 is 2.33 bits per heavy atom. The third-order valence-electron chi connectivity index (χ3n) is 5.32. The lowest BCUT2D eigenvalue weighted by Gasteiger charge is -2.29. The molecule has 0 N–H and O–H groups in total. The average Bonchev–Trinajstić information content (AvgIpc) is 2.76. The summed E-state index contributed by atoms with van der Waals surface area (Å²) in [5, 5.41) is 0. The number of hydrogen-bond acceptors (Lipinski definition) is 5. The van der Waals surface area contributed by atoms with Crippen LogP contribution in [0.15, 0.2) is 47.4 Å². The molecule has 1 aliphatic heterocycles. The van der Waals surface area contributed by atoms with E-state index in [4.69, 9.17) is 9.47 Å². The van der Waals surface area contributed by atoms with Crippen molar-refractivity contribution >= 4 is 21.6 Å². The number of methoxy groups -OCH3 is 1. The molecular formula is C22H28N2O5S. The van der Waals surface area contributed by atoms with Gasteiger partial charge in [0.05, 0.1) is 30.9 Å². The molecule has 1 fully saturated rings. The first-order chi connectivity index (χ1) is 14.3. The molecule has 1 aliphatic rings. The van der Waals surface area contributed by atoms with Crippen LogP contribution in [0, 0.1) is 13.8 Å². The Labute approximate surface area is 178 Å². The molecule has 0 atom stereocenters. The Hall–Kier alpha value is -2.58. The van der Waals surface area contributed by atoms with Crippen molar-refractivity contribution in [3.63, 3.8) is 0 Å². The molecule has 7 nitrogen and oxygen atoms in total. The molecule has 2 aromatic carbocycles. The van der Waals surface area contributed by atoms with Gasteiger partial charge in [-0.05, 0) is 61.4 Å². The van der Waals surface area contributed by atoms with Crippen molar-refractivity contribution in [3.8, 4) is 5.75 Å². The number of morpholine rings is 1. The predicted octanol–water partition coefficient (Wildman–Crippen LogP) is 2.76. The maximum absolute atomic E-state index is 13.5. The van der Waals surface area contributed by atoms with Gasteiger partial charge in [-0.25, -0.2) is 8.42 Å². The van der Waals surface area contributed by atoms with Gasteiger partial charge in [-0.2, -0.15) is 0 Å². The van der Waals surface area contributed by atoms with Gasteiger partial charge in [0.25, 0.3) is 10.0 Å². The Bertz CT molecular complexity index is 983. The number of nitrogens with zero attached hydrogens (tertiary/aromatic N) is 2. The minimum atomic E-state index is -3.84. The fraction of sp³-hybridized carbons (Fsp3) is 0.409. The number of amides is 1. The molecule has 0 spiro atoms. The van der Waals surface area contributed by atoms with Crippen molar-refractivity contribution in [1.82, 2.24) is 4.90 Å². The molecule has 30 heavy (non-hydrogen) atoms. The van der Waals surface area contributed by atoms with E-state index in [0.29, 0.717) is 37.7 Å². The van der Waals surface area contributed by atoms with E-state index in [-0.39, 0.29) is 23.8 Å². The highest BCUT2D eigenvalue weighted by atomic mass is 32.2. The lowest BCUT2D eigenvalue weighted by atomic mass is 10.1. The number of carbonyl (C=O) groups excluding carboxylic acids is 1. The van der Waals surface area contributed by atoms with Crippen molar-refractivity contribution in [2.75, 3.05) is 44.3 Å². The average molecular weight is 433 g/mol. The van der Waals surface area contributed by atoms with Crippen molar-refractivity contribution in [1.29, 1.82) is 0 Å². The van der Waals surface area contributed by atoms with Gasteiger partial charge < -0.3 is 14.4 Å². The molecule has 0 aromatic heterocycles. The van der Waals surface area contributed by atoms with E-state index in [9.17, 15) is 13.2 Å². The fourth-order valence-corrected chi connectivity index (χ4v) is 4.86. The maximum Gasteiger partial charge on any atom is 0.264 e. The Morgan fingerprint density at radius 1 is 1.07 bits per heavy atom. The van der Waals surface area contributed by atoms with Gasteiger partial charge in [-0.1, -0.05) is 6.07 Å². The molecule has 0 aliphatic carbocycles. The molecule has 2 aromatic rings. The number of carbonyl (C=O) groups is 1. The highest BCUT2D eigenvalue weighted by Crippen LogP contribution is 2.27. The maximum atomic E-state index is 13.5. The van der Waals surface area contributed by atoms with E-state index in [1.165, 1.54) is 4.31 Å². The van der Waals surface area contributed by atoms with Crippen LogP contribution in [-0.2, 0) is 19.6 Å². The fourth-order valence-electron chi connectivity index (χ4n) is 3.31. The SMILES string of the molecule is COc1ccc(N(CCC(=O)N2CCOCC2)S(=O)(=O)c2ccc(C)c(C)c2)cc1. The summed E-state index contributed by atoms with van der Waals surface area (Å²) in [5.74, 6) is 0.554. The van der Waals surface area contributed by atoms with Crippen LogP contribution < -0.4 is 9.04 Å². The summed E-state index contributed by atoms with van der Waals surface area (Å²) < 4.78 is 38.8.